The molecule has 1 spiro atoms. The number of carbonyl (C=O) groups excluding carboxylic acids is 2. The van der Waals surface area contributed by atoms with E-state index in [4.69, 9.17) is 2.69 Å². The van der Waals surface area contributed by atoms with E-state index in [0.29, 0.717) is 58.6 Å². The van der Waals surface area contributed by atoms with Crippen LogP contribution in [0.1, 0.15) is 50.7 Å². The monoisotopic (exact) mass is 617 g/mol. The van der Waals surface area contributed by atoms with Gasteiger partial charge in [0.2, 0.25) is 0 Å². The second-order valence-electron chi connectivity index (χ2n) is 9.68. The van der Waals surface area contributed by atoms with E-state index in [0.717, 1.165) is 30.7 Å². The molecule has 5 rings (SSSR count). The van der Waals surface area contributed by atoms with Gasteiger partial charge in [-0.15, -0.1) is 0 Å². The zero-order valence-corrected chi connectivity index (χ0v) is 23.0. The number of aliphatic hydroxyl groups is 1. The number of rotatable bonds is 3. The summed E-state index contributed by atoms with van der Waals surface area (Å²) < 4.78 is 5.72. The second-order valence-corrected chi connectivity index (χ2v) is 10.6. The van der Waals surface area contributed by atoms with Gasteiger partial charge in [-0.3, -0.25) is 0 Å². The van der Waals surface area contributed by atoms with Crippen molar-refractivity contribution < 1.29 is 17.4 Å². The minimum absolute atomic E-state index is 0.0142. The molecular weight excluding hydrogens is 587 g/mol. The zero-order valence-electron chi connectivity index (χ0n) is 18.6. The Kier molecular flexibility index (Phi) is 4.99. The third-order valence-electron chi connectivity index (χ3n) is 8.72. The van der Waals surface area contributed by atoms with Crippen LogP contribution in [0.25, 0.3) is 0 Å². The minimum atomic E-state index is -0.924. The van der Waals surface area contributed by atoms with E-state index in [2.05, 4.69) is 24.1 Å². The van der Waals surface area contributed by atoms with Gasteiger partial charge in [0, 0.05) is 0 Å². The number of piperidine rings is 1. The summed E-state index contributed by atoms with van der Waals surface area (Å²) in [6.07, 6.45) is 3.07. The van der Waals surface area contributed by atoms with Gasteiger partial charge in [-0.1, -0.05) is 0 Å². The van der Waals surface area contributed by atoms with E-state index in [1.165, 1.54) is 10.5 Å². The van der Waals surface area contributed by atoms with Crippen LogP contribution in [-0.2, 0) is 16.6 Å². The van der Waals surface area contributed by atoms with Crippen molar-refractivity contribution in [3.8, 4) is 5.75 Å². The Labute approximate surface area is 200 Å². The maximum atomic E-state index is 13.7. The summed E-state index contributed by atoms with van der Waals surface area (Å²) in [5, 5.41) is 12.3. The quantitative estimate of drug-likeness (QED) is 0.413. The SMILES string of the molecule is CCN1C(=O)N(CC)[C@]2(CC[C@@]3(O)[C@H]4Cc5ccc([O][Tl])cc5[C@@]3(CCN4C)C2)C1=O. The first-order valence-electron chi connectivity index (χ1n) is 11.3. The summed E-state index contributed by atoms with van der Waals surface area (Å²) in [4.78, 5) is 32.3. The summed E-state index contributed by atoms with van der Waals surface area (Å²) in [5.74, 6) is 0.756. The Morgan fingerprint density at radius 3 is 2.65 bits per heavy atom. The van der Waals surface area contributed by atoms with Crippen LogP contribution in [0.4, 0.5) is 4.79 Å². The number of imide groups is 1. The molecule has 1 saturated carbocycles. The molecule has 1 N–H and O–H groups in total. The van der Waals surface area contributed by atoms with Crippen molar-refractivity contribution in [2.75, 3.05) is 26.7 Å². The molecule has 31 heavy (non-hydrogen) atoms. The van der Waals surface area contributed by atoms with Crippen LogP contribution >= 0.6 is 0 Å². The average molecular weight is 617 g/mol. The number of likely N-dealkylation sites (tertiary alicyclic amines) is 1. The van der Waals surface area contributed by atoms with Crippen molar-refractivity contribution >= 4 is 38.2 Å². The van der Waals surface area contributed by atoms with E-state index in [1.54, 1.807) is 4.90 Å². The predicted molar refractivity (Wildman–Crippen MR) is 116 cm³/mol. The molecule has 2 aliphatic heterocycles. The van der Waals surface area contributed by atoms with Crippen LogP contribution in [0, 0.1) is 0 Å². The van der Waals surface area contributed by atoms with Crippen molar-refractivity contribution in [3.63, 3.8) is 0 Å². The van der Waals surface area contributed by atoms with Gasteiger partial charge < -0.3 is 0 Å². The molecule has 2 saturated heterocycles. The molecule has 4 aliphatic rings. The van der Waals surface area contributed by atoms with Crippen LogP contribution in [0.5, 0.6) is 5.75 Å². The average Bonchev–Trinajstić information content (AvgIpc) is 2.96. The van der Waals surface area contributed by atoms with Crippen LogP contribution in [0.15, 0.2) is 18.2 Å². The van der Waals surface area contributed by atoms with Gasteiger partial charge in [0.1, 0.15) is 0 Å². The molecule has 1 aromatic rings. The Balaban J connectivity index is 1.71. The van der Waals surface area contributed by atoms with E-state index in [-0.39, 0.29) is 18.0 Å². The summed E-state index contributed by atoms with van der Waals surface area (Å²) in [6, 6.07) is 6.10. The Hall–Kier alpha value is -1.20. The molecule has 8 heteroatoms. The zero-order chi connectivity index (χ0) is 22.2. The summed E-state index contributed by atoms with van der Waals surface area (Å²) in [6.45, 7) is 5.55. The molecule has 0 aromatic heterocycles. The number of hydrogen-bond donors (Lipinski definition) is 1. The van der Waals surface area contributed by atoms with Crippen LogP contribution in [0.3, 0.4) is 0 Å². The van der Waals surface area contributed by atoms with Gasteiger partial charge in [-0.05, 0) is 0 Å². The summed E-state index contributed by atoms with van der Waals surface area (Å²) >= 11 is 0.383. The maximum absolute atomic E-state index is 13.7. The van der Waals surface area contributed by atoms with Gasteiger partial charge in [-0.25, -0.2) is 0 Å². The molecule has 164 valence electrons. The van der Waals surface area contributed by atoms with Crippen molar-refractivity contribution in [2.45, 2.75) is 68.5 Å². The molecule has 3 amide bonds. The number of amides is 3. The molecule has 7 nitrogen and oxygen atoms in total. The summed E-state index contributed by atoms with van der Waals surface area (Å²) in [7, 11) is 2.10. The Bertz CT molecular complexity index is 957. The fraction of sp³-hybridized carbons (Fsp3) is 0.652. The Morgan fingerprint density at radius 2 is 1.97 bits per heavy atom. The van der Waals surface area contributed by atoms with Crippen molar-refractivity contribution in [1.29, 1.82) is 0 Å². The number of carbonyl (C=O) groups is 2. The molecule has 2 aliphatic carbocycles. The number of nitrogens with zero attached hydrogens (tertiary/aromatic N) is 3. The van der Waals surface area contributed by atoms with Crippen molar-refractivity contribution in [2.24, 2.45) is 0 Å². The van der Waals surface area contributed by atoms with Gasteiger partial charge in [0.15, 0.2) is 0 Å². The van der Waals surface area contributed by atoms with Gasteiger partial charge in [0.05, 0.1) is 0 Å². The number of fused-ring (bicyclic) bond motifs is 1. The van der Waals surface area contributed by atoms with E-state index >= 15 is 0 Å². The first kappa shape index (κ1) is 21.6. The first-order valence-corrected chi connectivity index (χ1v) is 13.2. The van der Waals surface area contributed by atoms with E-state index < -0.39 is 16.6 Å². The standard InChI is InChI=1S/C23H31N3O4.Tl/c1-4-25-19(28)22(26(5-2)20(25)29)8-9-23(30)18-12-15-6-7-16(27)13-17(15)21(23,14-22)10-11-24(18)3;/h6-7,13,18,27,30H,4-5,8-12,14H2,1-3H3;/q;+1/p-1/t18-,21-,22+,23-;/m1./s1. The Morgan fingerprint density at radius 1 is 1.19 bits per heavy atom. The normalized spacial score (nSPS) is 37.2. The topological polar surface area (TPSA) is 73.3 Å². The molecular formula is C23H30N3O4Tl. The number of hydrogen-bond acceptors (Lipinski definition) is 5. The van der Waals surface area contributed by atoms with Gasteiger partial charge >= 0.3 is 201 Å². The van der Waals surface area contributed by atoms with Crippen LogP contribution < -0.4 is 2.69 Å². The van der Waals surface area contributed by atoms with Gasteiger partial charge in [-0.2, -0.15) is 0 Å². The fourth-order valence-electron chi connectivity index (χ4n) is 7.22. The number of likely N-dealkylation sites (N-methyl/N-ethyl adjacent to an activating group) is 3. The molecule has 2 heterocycles. The first-order chi connectivity index (χ1) is 14.8. The van der Waals surface area contributed by atoms with Gasteiger partial charge in [0.25, 0.3) is 0 Å². The van der Waals surface area contributed by atoms with E-state index in [1.807, 2.05) is 19.9 Å². The number of urea groups is 1. The van der Waals surface area contributed by atoms with Crippen molar-refractivity contribution in [3.05, 3.63) is 29.3 Å². The molecule has 0 radical (unpaired) electrons. The van der Waals surface area contributed by atoms with Crippen LogP contribution in [0.2, 0.25) is 0 Å². The molecule has 0 unspecified atom stereocenters. The third-order valence-corrected chi connectivity index (χ3v) is 9.78. The third kappa shape index (κ3) is 2.57. The molecule has 1 aromatic carbocycles. The molecule has 4 atom stereocenters. The molecule has 3 fully saturated rings. The number of benzene rings is 1. The molecule has 2 bridgehead atoms. The fourth-order valence-corrected chi connectivity index (χ4v) is 7.79. The van der Waals surface area contributed by atoms with Crippen molar-refractivity contribution in [1.82, 2.24) is 14.7 Å². The predicted octanol–water partition coefficient (Wildman–Crippen LogP) is 1.60. The second kappa shape index (κ2) is 7.15. The van der Waals surface area contributed by atoms with E-state index in [9.17, 15) is 14.7 Å². The summed E-state index contributed by atoms with van der Waals surface area (Å²) in [5.41, 5.74) is -0.00309. The van der Waals surface area contributed by atoms with Crippen LogP contribution in [-0.4, -0.2) is 102 Å².